The molecule has 1 atom stereocenters. The minimum Gasteiger partial charge on any atom is -0.393 e. The molecule has 0 radical (unpaired) electrons. The lowest BCUT2D eigenvalue weighted by atomic mass is 9.92. The van der Waals surface area contributed by atoms with Crippen LogP contribution in [0.15, 0.2) is 17.3 Å². The Morgan fingerprint density at radius 1 is 1.38 bits per heavy atom. The number of anilines is 1. The van der Waals surface area contributed by atoms with Crippen molar-refractivity contribution in [1.82, 2.24) is 25.6 Å². The van der Waals surface area contributed by atoms with Gasteiger partial charge < -0.3 is 10.0 Å². The van der Waals surface area contributed by atoms with Crippen LogP contribution in [-0.2, 0) is 9.84 Å². The maximum atomic E-state index is 12.1. The Kier molecular flexibility index (Phi) is 4.50. The highest BCUT2D eigenvalue weighted by Gasteiger charge is 2.28. The Labute approximate surface area is 140 Å². The third kappa shape index (κ3) is 3.24. The molecule has 130 valence electrons. The first-order chi connectivity index (χ1) is 11.4. The first-order valence-corrected chi connectivity index (χ1v) is 9.63. The molecule has 0 spiro atoms. The molecule has 2 N–H and O–H groups in total. The van der Waals surface area contributed by atoms with Gasteiger partial charge >= 0.3 is 0 Å². The van der Waals surface area contributed by atoms with E-state index in [4.69, 9.17) is 0 Å². The van der Waals surface area contributed by atoms with E-state index in [2.05, 4.69) is 30.5 Å². The summed E-state index contributed by atoms with van der Waals surface area (Å²) in [5.41, 5.74) is 1.12. The average molecular weight is 352 g/mol. The Bertz CT molecular complexity index is 798. The largest absolute Gasteiger partial charge is 0.393 e. The van der Waals surface area contributed by atoms with E-state index in [1.165, 1.54) is 6.20 Å². The summed E-state index contributed by atoms with van der Waals surface area (Å²) in [7, 11) is -3.54. The molecule has 9 nitrogen and oxygen atoms in total. The van der Waals surface area contributed by atoms with Crippen molar-refractivity contribution >= 4 is 15.5 Å². The van der Waals surface area contributed by atoms with Gasteiger partial charge in [-0.25, -0.2) is 18.5 Å². The summed E-state index contributed by atoms with van der Waals surface area (Å²) in [6.07, 6.45) is 3.94. The number of sulfone groups is 1. The minimum absolute atomic E-state index is 0.0452. The van der Waals surface area contributed by atoms with Gasteiger partial charge in [-0.05, 0) is 42.2 Å². The number of aliphatic hydroxyl groups is 1. The first-order valence-electron chi connectivity index (χ1n) is 7.74. The van der Waals surface area contributed by atoms with Crippen LogP contribution in [0.1, 0.15) is 19.8 Å². The fraction of sp³-hybridized carbons (Fsp3) is 0.571. The quantitative estimate of drug-likeness (QED) is 0.803. The Hall–Kier alpha value is -2.07. The summed E-state index contributed by atoms with van der Waals surface area (Å²) in [5.74, 6) is 0.532. The van der Waals surface area contributed by atoms with Crippen LogP contribution in [0.4, 0.5) is 5.69 Å². The smallest absolute Gasteiger partial charge is 0.193 e. The van der Waals surface area contributed by atoms with E-state index in [-0.39, 0.29) is 22.9 Å². The van der Waals surface area contributed by atoms with Crippen molar-refractivity contribution < 1.29 is 13.5 Å². The maximum absolute atomic E-state index is 12.1. The molecule has 0 aromatic carbocycles. The van der Waals surface area contributed by atoms with Crippen LogP contribution in [0.3, 0.4) is 0 Å². The summed E-state index contributed by atoms with van der Waals surface area (Å²) in [6, 6.07) is 1.77. The van der Waals surface area contributed by atoms with Crippen molar-refractivity contribution in [3.63, 3.8) is 0 Å². The lowest BCUT2D eigenvalue weighted by Gasteiger charge is -2.35. The molecule has 0 saturated carbocycles. The number of hydrogen-bond donors (Lipinski definition) is 2. The van der Waals surface area contributed by atoms with Crippen LogP contribution in [-0.4, -0.2) is 64.6 Å². The number of aliphatic hydroxyl groups excluding tert-OH is 1. The van der Waals surface area contributed by atoms with E-state index in [9.17, 15) is 13.5 Å². The predicted octanol–water partition coefficient (Wildman–Crippen LogP) is 0.262. The molecular formula is C14H20N6O3S. The SMILES string of the molecule is CC(O)C1CCN(c2ccnc(S(C)(=O)=O)c2-c2nnn[nH]2)CC1. The predicted molar refractivity (Wildman–Crippen MR) is 87.1 cm³/mol. The van der Waals surface area contributed by atoms with Crippen LogP contribution < -0.4 is 4.90 Å². The van der Waals surface area contributed by atoms with Gasteiger partial charge in [0.15, 0.2) is 20.7 Å². The molecule has 1 fully saturated rings. The molecule has 2 aromatic rings. The third-order valence-electron chi connectivity index (χ3n) is 4.39. The maximum Gasteiger partial charge on any atom is 0.193 e. The zero-order valence-corrected chi connectivity index (χ0v) is 14.4. The molecule has 0 bridgehead atoms. The van der Waals surface area contributed by atoms with Crippen molar-refractivity contribution in [3.8, 4) is 11.4 Å². The molecule has 10 heteroatoms. The summed E-state index contributed by atoms with van der Waals surface area (Å²) >= 11 is 0. The van der Waals surface area contributed by atoms with Gasteiger partial charge in [-0.1, -0.05) is 0 Å². The lowest BCUT2D eigenvalue weighted by molar-refractivity contribution is 0.110. The molecule has 0 amide bonds. The molecule has 3 heterocycles. The van der Waals surface area contributed by atoms with Gasteiger partial charge in [-0.3, -0.25) is 0 Å². The van der Waals surface area contributed by atoms with Gasteiger partial charge in [0.2, 0.25) is 0 Å². The van der Waals surface area contributed by atoms with Gasteiger partial charge in [-0.15, -0.1) is 5.10 Å². The topological polar surface area (TPSA) is 125 Å². The van der Waals surface area contributed by atoms with Gasteiger partial charge in [0.25, 0.3) is 0 Å². The summed E-state index contributed by atoms with van der Waals surface area (Å²) in [6.45, 7) is 3.24. The summed E-state index contributed by atoms with van der Waals surface area (Å²) in [4.78, 5) is 6.12. The molecule has 1 saturated heterocycles. The molecule has 2 aromatic heterocycles. The third-order valence-corrected chi connectivity index (χ3v) is 5.40. The molecule has 1 unspecified atom stereocenters. The van der Waals surface area contributed by atoms with Crippen molar-refractivity contribution in [2.75, 3.05) is 24.2 Å². The highest BCUT2D eigenvalue weighted by atomic mass is 32.2. The second-order valence-corrected chi connectivity index (χ2v) is 8.03. The van der Waals surface area contributed by atoms with Gasteiger partial charge in [0, 0.05) is 25.5 Å². The van der Waals surface area contributed by atoms with Crippen molar-refractivity contribution in [1.29, 1.82) is 0 Å². The van der Waals surface area contributed by atoms with E-state index in [1.807, 2.05) is 0 Å². The molecular weight excluding hydrogens is 332 g/mol. The Morgan fingerprint density at radius 3 is 2.62 bits per heavy atom. The second kappa shape index (κ2) is 6.44. The number of aromatic nitrogens is 5. The highest BCUT2D eigenvalue weighted by Crippen LogP contribution is 2.35. The van der Waals surface area contributed by atoms with Crippen molar-refractivity contribution in [2.24, 2.45) is 5.92 Å². The average Bonchev–Trinajstić information content (AvgIpc) is 3.07. The Morgan fingerprint density at radius 2 is 2.08 bits per heavy atom. The Balaban J connectivity index is 2.03. The normalized spacial score (nSPS) is 17.9. The monoisotopic (exact) mass is 352 g/mol. The number of piperidine rings is 1. The van der Waals surface area contributed by atoms with Crippen LogP contribution in [0.5, 0.6) is 0 Å². The number of pyridine rings is 1. The van der Waals surface area contributed by atoms with Gasteiger partial charge in [-0.2, -0.15) is 0 Å². The van der Waals surface area contributed by atoms with Crippen molar-refractivity contribution in [2.45, 2.75) is 30.9 Å². The molecule has 1 aliphatic rings. The minimum atomic E-state index is -3.54. The lowest BCUT2D eigenvalue weighted by Crippen LogP contribution is -2.37. The van der Waals surface area contributed by atoms with Crippen LogP contribution in [0.2, 0.25) is 0 Å². The standard InChI is InChI=1S/C14H20N6O3S/c1-9(21)10-4-7-20(8-5-10)11-3-6-15-14(24(2,22)23)12(11)13-16-18-19-17-13/h3,6,9-10,21H,4-5,7-8H2,1-2H3,(H,16,17,18,19). The van der Waals surface area contributed by atoms with E-state index in [1.54, 1.807) is 13.0 Å². The molecule has 0 aliphatic carbocycles. The highest BCUT2D eigenvalue weighted by molar-refractivity contribution is 7.90. The van der Waals surface area contributed by atoms with Gasteiger partial charge in [0.05, 0.1) is 17.4 Å². The van der Waals surface area contributed by atoms with E-state index >= 15 is 0 Å². The molecule has 24 heavy (non-hydrogen) atoms. The van der Waals surface area contributed by atoms with E-state index < -0.39 is 9.84 Å². The fourth-order valence-electron chi connectivity index (χ4n) is 3.09. The van der Waals surface area contributed by atoms with Crippen LogP contribution in [0.25, 0.3) is 11.4 Å². The number of hydrogen-bond acceptors (Lipinski definition) is 8. The number of nitrogens with zero attached hydrogens (tertiary/aromatic N) is 5. The molecule has 3 rings (SSSR count). The van der Waals surface area contributed by atoms with Crippen molar-refractivity contribution in [3.05, 3.63) is 12.3 Å². The summed E-state index contributed by atoms with van der Waals surface area (Å²) < 4.78 is 24.3. The van der Waals surface area contributed by atoms with Gasteiger partial charge in [0.1, 0.15) is 0 Å². The first kappa shape index (κ1) is 16.8. The fourth-order valence-corrected chi connectivity index (χ4v) is 3.91. The van der Waals surface area contributed by atoms with Crippen LogP contribution >= 0.6 is 0 Å². The number of rotatable bonds is 4. The van der Waals surface area contributed by atoms with E-state index in [0.717, 1.165) is 37.9 Å². The number of H-pyrrole nitrogens is 1. The zero-order chi connectivity index (χ0) is 17.3. The zero-order valence-electron chi connectivity index (χ0n) is 13.5. The molecule has 1 aliphatic heterocycles. The second-order valence-electron chi connectivity index (χ2n) is 6.10. The van der Waals surface area contributed by atoms with E-state index in [0.29, 0.717) is 5.56 Å². The summed E-state index contributed by atoms with van der Waals surface area (Å²) in [5, 5.41) is 23.3. The van der Waals surface area contributed by atoms with Crippen LogP contribution in [0, 0.1) is 5.92 Å². The number of tetrazole rings is 1. The number of aromatic amines is 1. The number of nitrogens with one attached hydrogen (secondary N) is 1.